The van der Waals surface area contributed by atoms with Gasteiger partial charge in [-0.25, -0.2) is 0 Å². The van der Waals surface area contributed by atoms with E-state index in [0.29, 0.717) is 17.6 Å². The van der Waals surface area contributed by atoms with E-state index in [2.05, 4.69) is 0 Å². The van der Waals surface area contributed by atoms with Gasteiger partial charge in [-0.05, 0) is 5.56 Å². The lowest BCUT2D eigenvalue weighted by Gasteiger charge is -2.28. The Morgan fingerprint density at radius 3 is 2.39 bits per heavy atom. The molecule has 1 rings (SSSR count). The van der Waals surface area contributed by atoms with Gasteiger partial charge in [-0.1, -0.05) is 30.3 Å². The third kappa shape index (κ3) is 6.37. The zero-order valence-electron chi connectivity index (χ0n) is 11.3. The molecule has 0 aromatic heterocycles. The van der Waals surface area contributed by atoms with E-state index in [1.807, 2.05) is 51.5 Å². The van der Waals surface area contributed by atoms with E-state index in [4.69, 9.17) is 9.84 Å². The topological polar surface area (TPSA) is 46.5 Å². The summed E-state index contributed by atoms with van der Waals surface area (Å²) in [4.78, 5) is 10.8. The van der Waals surface area contributed by atoms with Crippen molar-refractivity contribution in [2.45, 2.75) is 19.1 Å². The number of benzene rings is 1. The van der Waals surface area contributed by atoms with Gasteiger partial charge >= 0.3 is 5.97 Å². The quantitative estimate of drug-likeness (QED) is 0.752. The first-order valence-electron chi connectivity index (χ1n) is 6.04. The predicted molar refractivity (Wildman–Crippen MR) is 70.2 cm³/mol. The van der Waals surface area contributed by atoms with Crippen molar-refractivity contribution < 1.29 is 19.1 Å². The van der Waals surface area contributed by atoms with Gasteiger partial charge in [0.15, 0.2) is 0 Å². The van der Waals surface area contributed by atoms with E-state index in [-0.39, 0.29) is 12.5 Å². The Balaban J connectivity index is 2.53. The molecule has 0 saturated heterocycles. The number of carboxylic acid groups (broad SMARTS) is 1. The smallest absolute Gasteiger partial charge is 0.306 e. The molecule has 0 fully saturated rings. The minimum atomic E-state index is -0.818. The number of hydrogen-bond donors (Lipinski definition) is 1. The predicted octanol–water partition coefficient (Wildman–Crippen LogP) is 1.75. The highest BCUT2D eigenvalue weighted by molar-refractivity contribution is 5.67. The van der Waals surface area contributed by atoms with E-state index in [1.54, 1.807) is 0 Å². The minimum Gasteiger partial charge on any atom is -0.481 e. The summed E-state index contributed by atoms with van der Waals surface area (Å²) >= 11 is 0. The summed E-state index contributed by atoms with van der Waals surface area (Å²) in [6, 6.07) is 9.80. The van der Waals surface area contributed by atoms with E-state index in [1.165, 1.54) is 0 Å². The monoisotopic (exact) mass is 252 g/mol. The molecule has 0 aliphatic rings. The first-order chi connectivity index (χ1) is 8.37. The van der Waals surface area contributed by atoms with Crippen LogP contribution in [-0.2, 0) is 16.1 Å². The molecule has 0 heterocycles. The first kappa shape index (κ1) is 14.7. The molecule has 4 nitrogen and oxygen atoms in total. The largest absolute Gasteiger partial charge is 0.481 e. The molecular weight excluding hydrogens is 230 g/mol. The summed E-state index contributed by atoms with van der Waals surface area (Å²) in [5.41, 5.74) is 1.06. The summed E-state index contributed by atoms with van der Waals surface area (Å²) in [7, 11) is 6.09. The van der Waals surface area contributed by atoms with Gasteiger partial charge in [0.1, 0.15) is 12.6 Å². The number of hydrogen-bond acceptors (Lipinski definition) is 2. The Morgan fingerprint density at radius 2 is 1.89 bits per heavy atom. The molecule has 0 spiro atoms. The minimum absolute atomic E-state index is 0.0440. The van der Waals surface area contributed by atoms with Crippen LogP contribution in [0, 0.1) is 0 Å². The Morgan fingerprint density at radius 1 is 1.28 bits per heavy atom. The van der Waals surface area contributed by atoms with E-state index >= 15 is 0 Å². The van der Waals surface area contributed by atoms with Gasteiger partial charge in [-0.2, -0.15) is 0 Å². The normalized spacial score (nSPS) is 13.3. The van der Waals surface area contributed by atoms with E-state index in [9.17, 15) is 4.79 Å². The third-order valence-electron chi connectivity index (χ3n) is 2.48. The third-order valence-corrected chi connectivity index (χ3v) is 2.48. The maximum absolute atomic E-state index is 10.8. The van der Waals surface area contributed by atoms with Crippen molar-refractivity contribution >= 4 is 5.97 Å². The lowest BCUT2D eigenvalue weighted by molar-refractivity contribution is -0.873. The van der Waals surface area contributed by atoms with Crippen LogP contribution in [0.4, 0.5) is 0 Å². The fourth-order valence-electron chi connectivity index (χ4n) is 1.77. The Kier molecular flexibility index (Phi) is 5.31. The maximum Gasteiger partial charge on any atom is 0.306 e. The van der Waals surface area contributed by atoms with Crippen molar-refractivity contribution in [3.8, 4) is 0 Å². The standard InChI is InChI=1S/C14H21NO3/c1-15(2,3)10-13(9-14(16)17)18-11-12-7-5-4-6-8-12/h4-8,13H,9-11H2,1-3H3/p+1/t13-/m1/s1. The molecule has 0 saturated carbocycles. The summed E-state index contributed by atoms with van der Waals surface area (Å²) < 4.78 is 6.41. The summed E-state index contributed by atoms with van der Waals surface area (Å²) in [5, 5.41) is 8.89. The molecule has 1 aromatic carbocycles. The second kappa shape index (κ2) is 6.52. The summed E-state index contributed by atoms with van der Waals surface area (Å²) in [5.74, 6) is -0.818. The molecule has 18 heavy (non-hydrogen) atoms. The van der Waals surface area contributed by atoms with Gasteiger partial charge in [0.05, 0.1) is 34.2 Å². The molecule has 1 aromatic rings. The second-order valence-electron chi connectivity index (χ2n) is 5.49. The molecule has 0 aliphatic carbocycles. The number of aliphatic carboxylic acids is 1. The van der Waals surface area contributed by atoms with Gasteiger partial charge in [0.2, 0.25) is 0 Å². The molecule has 100 valence electrons. The van der Waals surface area contributed by atoms with Gasteiger partial charge in [0.25, 0.3) is 0 Å². The van der Waals surface area contributed by atoms with E-state index < -0.39 is 5.97 Å². The maximum atomic E-state index is 10.8. The van der Waals surface area contributed by atoms with Crippen LogP contribution in [-0.4, -0.2) is 49.4 Å². The Bertz CT molecular complexity index is 370. The number of carbonyl (C=O) groups is 1. The van der Waals surface area contributed by atoms with Crippen LogP contribution in [0.15, 0.2) is 30.3 Å². The average Bonchev–Trinajstić information content (AvgIpc) is 2.24. The van der Waals surface area contributed by atoms with Crippen LogP contribution in [0.3, 0.4) is 0 Å². The van der Waals surface area contributed by atoms with E-state index in [0.717, 1.165) is 5.56 Å². The highest BCUT2D eigenvalue weighted by atomic mass is 16.5. The van der Waals surface area contributed by atoms with Crippen molar-refractivity contribution in [1.82, 2.24) is 0 Å². The molecule has 1 N–H and O–H groups in total. The van der Waals surface area contributed by atoms with Crippen molar-refractivity contribution in [2.24, 2.45) is 0 Å². The van der Waals surface area contributed by atoms with Crippen LogP contribution >= 0.6 is 0 Å². The van der Waals surface area contributed by atoms with Crippen molar-refractivity contribution in [2.75, 3.05) is 27.7 Å². The van der Waals surface area contributed by atoms with Crippen molar-refractivity contribution in [3.05, 3.63) is 35.9 Å². The Hall–Kier alpha value is -1.39. The first-order valence-corrected chi connectivity index (χ1v) is 6.04. The van der Waals surface area contributed by atoms with Crippen LogP contribution in [0.5, 0.6) is 0 Å². The number of ether oxygens (including phenoxy) is 1. The molecule has 0 radical (unpaired) electrons. The fraction of sp³-hybridized carbons (Fsp3) is 0.500. The molecular formula is C14H22NO3+. The number of rotatable bonds is 7. The Labute approximate surface area is 108 Å². The number of quaternary nitrogens is 1. The molecule has 4 heteroatoms. The number of carboxylic acids is 1. The van der Waals surface area contributed by atoms with Crippen LogP contribution in [0.25, 0.3) is 0 Å². The molecule has 0 bridgehead atoms. The molecule has 0 unspecified atom stereocenters. The van der Waals surface area contributed by atoms with Gasteiger partial charge < -0.3 is 14.3 Å². The molecule has 0 amide bonds. The van der Waals surface area contributed by atoms with Gasteiger partial charge in [0, 0.05) is 0 Å². The molecule has 0 aliphatic heterocycles. The number of likely N-dealkylation sites (N-methyl/N-ethyl adjacent to an activating group) is 1. The van der Waals surface area contributed by atoms with Crippen LogP contribution in [0.2, 0.25) is 0 Å². The van der Waals surface area contributed by atoms with Crippen molar-refractivity contribution in [1.29, 1.82) is 0 Å². The highest BCUT2D eigenvalue weighted by Gasteiger charge is 2.21. The van der Waals surface area contributed by atoms with Gasteiger partial charge in [-0.3, -0.25) is 4.79 Å². The lowest BCUT2D eigenvalue weighted by atomic mass is 10.2. The highest BCUT2D eigenvalue weighted by Crippen LogP contribution is 2.09. The SMILES string of the molecule is C[N+](C)(C)C[C@@H](CC(=O)O)OCc1ccccc1. The van der Waals surface area contributed by atoms with Crippen LogP contribution in [0.1, 0.15) is 12.0 Å². The van der Waals surface area contributed by atoms with Crippen molar-refractivity contribution in [3.63, 3.8) is 0 Å². The lowest BCUT2D eigenvalue weighted by Crippen LogP contribution is -2.43. The second-order valence-corrected chi connectivity index (χ2v) is 5.49. The van der Waals surface area contributed by atoms with Gasteiger partial charge in [-0.15, -0.1) is 0 Å². The van der Waals surface area contributed by atoms with Crippen LogP contribution < -0.4 is 0 Å². The zero-order chi connectivity index (χ0) is 13.6. The average molecular weight is 252 g/mol. The molecule has 1 atom stereocenters. The zero-order valence-corrected chi connectivity index (χ0v) is 11.3. The number of nitrogens with zero attached hydrogens (tertiary/aromatic N) is 1. The summed E-state index contributed by atoms with van der Waals surface area (Å²) in [6.07, 6.45) is -0.217. The fourth-order valence-corrected chi connectivity index (χ4v) is 1.77. The summed E-state index contributed by atoms with van der Waals surface area (Å²) in [6.45, 7) is 1.14.